The van der Waals surface area contributed by atoms with Crippen molar-refractivity contribution in [2.45, 2.75) is 6.92 Å². The Hall–Kier alpha value is -3.49. The molecule has 0 aliphatic rings. The fraction of sp³-hybridized carbons (Fsp3) is 0.133. The van der Waals surface area contributed by atoms with Crippen molar-refractivity contribution < 1.29 is 14.6 Å². The van der Waals surface area contributed by atoms with E-state index < -0.39 is 15.5 Å². The van der Waals surface area contributed by atoms with Gasteiger partial charge in [-0.2, -0.15) is 5.10 Å². The van der Waals surface area contributed by atoms with Crippen LogP contribution in [0.3, 0.4) is 0 Å². The van der Waals surface area contributed by atoms with Crippen LogP contribution in [0, 0.1) is 20.2 Å². The van der Waals surface area contributed by atoms with Gasteiger partial charge in [0.25, 0.3) is 5.69 Å². The third kappa shape index (κ3) is 4.26. The molecule has 0 aliphatic heterocycles. The highest BCUT2D eigenvalue weighted by Gasteiger charge is 2.18. The standard InChI is InChI=1S/C15H14N4O5/c1-2-24-13-6-3-11(4-7-13)10-16-17-14-8-5-12(18(20)21)9-15(14)19(22)23/h3-10,17H,2H2,1H3/b16-10+. The number of nitro groups is 2. The summed E-state index contributed by atoms with van der Waals surface area (Å²) in [6.45, 7) is 2.45. The number of non-ortho nitro benzene ring substituents is 1. The molecule has 0 saturated heterocycles. The Labute approximate surface area is 136 Å². The lowest BCUT2D eigenvalue weighted by Crippen LogP contribution is -1.98. The van der Waals surface area contributed by atoms with E-state index in [9.17, 15) is 20.2 Å². The lowest BCUT2D eigenvalue weighted by molar-refractivity contribution is -0.393. The maximum Gasteiger partial charge on any atom is 0.301 e. The smallest absolute Gasteiger partial charge is 0.301 e. The first-order valence-electron chi connectivity index (χ1n) is 6.96. The molecule has 9 nitrogen and oxygen atoms in total. The number of nitro benzene ring substituents is 2. The monoisotopic (exact) mass is 330 g/mol. The Kier molecular flexibility index (Phi) is 5.40. The van der Waals surface area contributed by atoms with Crippen molar-refractivity contribution in [3.63, 3.8) is 0 Å². The molecule has 2 aromatic rings. The number of ether oxygens (including phenoxy) is 1. The number of benzene rings is 2. The van der Waals surface area contributed by atoms with Gasteiger partial charge in [0.15, 0.2) is 0 Å². The normalized spacial score (nSPS) is 10.5. The van der Waals surface area contributed by atoms with Gasteiger partial charge in [0.05, 0.1) is 28.7 Å². The third-order valence-electron chi connectivity index (χ3n) is 2.98. The van der Waals surface area contributed by atoms with Crippen molar-refractivity contribution >= 4 is 23.3 Å². The first-order chi connectivity index (χ1) is 11.5. The van der Waals surface area contributed by atoms with E-state index in [4.69, 9.17) is 4.74 Å². The zero-order chi connectivity index (χ0) is 17.5. The molecule has 124 valence electrons. The summed E-state index contributed by atoms with van der Waals surface area (Å²) in [6, 6.07) is 10.4. The van der Waals surface area contributed by atoms with Gasteiger partial charge in [0.2, 0.25) is 0 Å². The molecule has 0 aliphatic carbocycles. The molecule has 2 aromatic carbocycles. The van der Waals surface area contributed by atoms with Crippen LogP contribution in [-0.4, -0.2) is 22.7 Å². The lowest BCUT2D eigenvalue weighted by atomic mass is 10.2. The fourth-order valence-electron chi connectivity index (χ4n) is 1.87. The summed E-state index contributed by atoms with van der Waals surface area (Å²) in [4.78, 5) is 20.3. The van der Waals surface area contributed by atoms with E-state index in [0.717, 1.165) is 17.4 Å². The maximum absolute atomic E-state index is 11.0. The van der Waals surface area contributed by atoms with E-state index in [1.165, 1.54) is 18.3 Å². The van der Waals surface area contributed by atoms with Crippen molar-refractivity contribution in [2.75, 3.05) is 12.0 Å². The maximum atomic E-state index is 11.0. The topological polar surface area (TPSA) is 120 Å². The zero-order valence-electron chi connectivity index (χ0n) is 12.7. The molecule has 0 spiro atoms. The average Bonchev–Trinajstić information content (AvgIpc) is 2.56. The number of nitrogens with one attached hydrogen (secondary N) is 1. The van der Waals surface area contributed by atoms with Crippen LogP contribution in [0.1, 0.15) is 12.5 Å². The van der Waals surface area contributed by atoms with Crippen LogP contribution in [0.15, 0.2) is 47.6 Å². The highest BCUT2D eigenvalue weighted by molar-refractivity contribution is 5.80. The summed E-state index contributed by atoms with van der Waals surface area (Å²) in [5, 5.41) is 25.6. The van der Waals surface area contributed by atoms with E-state index in [0.29, 0.717) is 6.61 Å². The number of anilines is 1. The second-order valence-corrected chi connectivity index (χ2v) is 4.59. The predicted octanol–water partition coefficient (Wildman–Crippen LogP) is 3.35. The van der Waals surface area contributed by atoms with Crippen molar-refractivity contribution in [2.24, 2.45) is 5.10 Å². The van der Waals surface area contributed by atoms with Gasteiger partial charge in [-0.15, -0.1) is 0 Å². The molecule has 0 aromatic heterocycles. The number of hydrogen-bond acceptors (Lipinski definition) is 7. The summed E-state index contributed by atoms with van der Waals surface area (Å²) in [7, 11) is 0. The van der Waals surface area contributed by atoms with E-state index in [2.05, 4.69) is 10.5 Å². The summed E-state index contributed by atoms with van der Waals surface area (Å²) < 4.78 is 5.32. The second-order valence-electron chi connectivity index (χ2n) is 4.59. The first kappa shape index (κ1) is 16.9. The molecule has 9 heteroatoms. The zero-order valence-corrected chi connectivity index (χ0v) is 12.7. The fourth-order valence-corrected chi connectivity index (χ4v) is 1.87. The van der Waals surface area contributed by atoms with E-state index in [-0.39, 0.29) is 11.4 Å². The summed E-state index contributed by atoms with van der Waals surface area (Å²) >= 11 is 0. The van der Waals surface area contributed by atoms with Crippen LogP contribution in [0.2, 0.25) is 0 Å². The Morgan fingerprint density at radius 3 is 2.42 bits per heavy atom. The van der Waals surface area contributed by atoms with Crippen molar-refractivity contribution in [1.29, 1.82) is 0 Å². The van der Waals surface area contributed by atoms with Crippen LogP contribution in [0.25, 0.3) is 0 Å². The van der Waals surface area contributed by atoms with Gasteiger partial charge in [-0.05, 0) is 42.8 Å². The summed E-state index contributed by atoms with van der Waals surface area (Å²) in [6.07, 6.45) is 1.47. The third-order valence-corrected chi connectivity index (χ3v) is 2.98. The van der Waals surface area contributed by atoms with Crippen LogP contribution < -0.4 is 10.2 Å². The molecule has 0 saturated carbocycles. The van der Waals surface area contributed by atoms with E-state index in [1.807, 2.05) is 6.92 Å². The SMILES string of the molecule is CCOc1ccc(/C=N/Nc2ccc([N+](=O)[O-])cc2[N+](=O)[O-])cc1. The molecular weight excluding hydrogens is 316 g/mol. The van der Waals surface area contributed by atoms with Gasteiger partial charge < -0.3 is 4.74 Å². The number of rotatable bonds is 7. The Morgan fingerprint density at radius 1 is 1.12 bits per heavy atom. The summed E-state index contributed by atoms with van der Waals surface area (Å²) in [5.74, 6) is 0.730. The quantitative estimate of drug-likeness (QED) is 0.472. The largest absolute Gasteiger partial charge is 0.494 e. The average molecular weight is 330 g/mol. The van der Waals surface area contributed by atoms with Crippen molar-refractivity contribution in [1.82, 2.24) is 0 Å². The molecule has 2 rings (SSSR count). The van der Waals surface area contributed by atoms with Crippen molar-refractivity contribution in [3.05, 3.63) is 68.3 Å². The highest BCUT2D eigenvalue weighted by Crippen LogP contribution is 2.28. The molecule has 0 atom stereocenters. The lowest BCUT2D eigenvalue weighted by Gasteiger charge is -2.03. The molecule has 1 N–H and O–H groups in total. The number of nitrogens with zero attached hydrogens (tertiary/aromatic N) is 3. The van der Waals surface area contributed by atoms with Crippen LogP contribution in [0.4, 0.5) is 17.1 Å². The molecule has 0 radical (unpaired) electrons. The molecule has 0 unspecified atom stereocenters. The molecule has 24 heavy (non-hydrogen) atoms. The Bertz CT molecular complexity index is 774. The van der Waals surface area contributed by atoms with Gasteiger partial charge in [-0.1, -0.05) is 0 Å². The van der Waals surface area contributed by atoms with Crippen LogP contribution in [0.5, 0.6) is 5.75 Å². The Balaban J connectivity index is 2.13. The number of hydrazone groups is 1. The molecule has 0 amide bonds. The molecule has 0 heterocycles. The minimum atomic E-state index is -0.707. The molecule has 0 fully saturated rings. The molecular formula is C15H14N4O5. The van der Waals surface area contributed by atoms with Gasteiger partial charge in [-0.3, -0.25) is 25.7 Å². The molecule has 0 bridgehead atoms. The minimum absolute atomic E-state index is 0.0628. The van der Waals surface area contributed by atoms with E-state index >= 15 is 0 Å². The number of hydrogen-bond donors (Lipinski definition) is 1. The predicted molar refractivity (Wildman–Crippen MR) is 88.6 cm³/mol. The summed E-state index contributed by atoms with van der Waals surface area (Å²) in [5.41, 5.74) is 2.56. The minimum Gasteiger partial charge on any atom is -0.494 e. The van der Waals surface area contributed by atoms with E-state index in [1.54, 1.807) is 24.3 Å². The van der Waals surface area contributed by atoms with Gasteiger partial charge >= 0.3 is 5.69 Å². The van der Waals surface area contributed by atoms with Gasteiger partial charge in [0.1, 0.15) is 11.4 Å². The second kappa shape index (κ2) is 7.68. The first-order valence-corrected chi connectivity index (χ1v) is 6.96. The van der Waals surface area contributed by atoms with Gasteiger partial charge in [0, 0.05) is 6.07 Å². The van der Waals surface area contributed by atoms with Crippen LogP contribution in [-0.2, 0) is 0 Å². The van der Waals surface area contributed by atoms with Crippen molar-refractivity contribution in [3.8, 4) is 5.75 Å². The highest BCUT2D eigenvalue weighted by atomic mass is 16.6. The Morgan fingerprint density at radius 2 is 1.83 bits per heavy atom. The van der Waals surface area contributed by atoms with Crippen LogP contribution >= 0.6 is 0 Å². The van der Waals surface area contributed by atoms with Gasteiger partial charge in [-0.25, -0.2) is 0 Å².